The lowest BCUT2D eigenvalue weighted by Gasteiger charge is -2.45. The van der Waals surface area contributed by atoms with Crippen molar-refractivity contribution in [1.29, 1.82) is 0 Å². The van der Waals surface area contributed by atoms with Gasteiger partial charge in [-0.2, -0.15) is 0 Å². The van der Waals surface area contributed by atoms with Crippen molar-refractivity contribution in [2.75, 3.05) is 0 Å². The number of rotatable bonds is 3. The van der Waals surface area contributed by atoms with Gasteiger partial charge in [-0.05, 0) is 58.7 Å². The number of aliphatic hydroxyl groups is 1. The molecule has 0 radical (unpaired) electrons. The van der Waals surface area contributed by atoms with Gasteiger partial charge in [0.05, 0.1) is 11.7 Å². The van der Waals surface area contributed by atoms with Crippen molar-refractivity contribution in [2.45, 2.75) is 58.0 Å². The Morgan fingerprint density at radius 3 is 2.19 bits per heavy atom. The maximum Gasteiger partial charge on any atom is 0.335 e. The molecular formula is C24H28O3. The highest BCUT2D eigenvalue weighted by Gasteiger charge is 2.43. The molecule has 1 aliphatic rings. The highest BCUT2D eigenvalue weighted by atomic mass is 16.4. The molecule has 0 aliphatic heterocycles. The van der Waals surface area contributed by atoms with Crippen LogP contribution in [0, 0.1) is 0 Å². The van der Waals surface area contributed by atoms with Crippen molar-refractivity contribution < 1.29 is 15.0 Å². The summed E-state index contributed by atoms with van der Waals surface area (Å²) in [6, 6.07) is 13.4. The predicted molar refractivity (Wildman–Crippen MR) is 110 cm³/mol. The minimum absolute atomic E-state index is 0.0485. The summed E-state index contributed by atoms with van der Waals surface area (Å²) in [4.78, 5) is 11.0. The van der Waals surface area contributed by atoms with Crippen molar-refractivity contribution in [2.24, 2.45) is 0 Å². The number of aromatic carboxylic acids is 1. The number of hydrogen-bond acceptors (Lipinski definition) is 2. The van der Waals surface area contributed by atoms with Gasteiger partial charge in [-0.25, -0.2) is 4.79 Å². The summed E-state index contributed by atoms with van der Waals surface area (Å²) in [5, 5.41) is 19.7. The van der Waals surface area contributed by atoms with Gasteiger partial charge < -0.3 is 10.2 Å². The summed E-state index contributed by atoms with van der Waals surface area (Å²) in [5.74, 6) is -0.916. The highest BCUT2D eigenvalue weighted by molar-refractivity contribution is 5.88. The van der Waals surface area contributed by atoms with Gasteiger partial charge in [-0.1, -0.05) is 64.1 Å². The van der Waals surface area contributed by atoms with Gasteiger partial charge in [0.25, 0.3) is 0 Å². The fourth-order valence-corrected chi connectivity index (χ4v) is 4.00. The molecule has 3 heteroatoms. The number of carboxylic acids is 1. The molecule has 2 aromatic carbocycles. The van der Waals surface area contributed by atoms with E-state index in [0.717, 1.165) is 23.1 Å². The van der Waals surface area contributed by atoms with E-state index < -0.39 is 5.97 Å². The molecule has 0 spiro atoms. The van der Waals surface area contributed by atoms with E-state index in [-0.39, 0.29) is 22.5 Å². The third kappa shape index (κ3) is 3.57. The summed E-state index contributed by atoms with van der Waals surface area (Å²) >= 11 is 0. The Labute approximate surface area is 161 Å². The van der Waals surface area contributed by atoms with Gasteiger partial charge in [-0.3, -0.25) is 0 Å². The van der Waals surface area contributed by atoms with Gasteiger partial charge in [0.15, 0.2) is 0 Å². The molecule has 0 saturated carbocycles. The molecule has 27 heavy (non-hydrogen) atoms. The van der Waals surface area contributed by atoms with Crippen LogP contribution >= 0.6 is 0 Å². The lowest BCUT2D eigenvalue weighted by atomic mass is 9.61. The maximum absolute atomic E-state index is 11.0. The fraction of sp³-hybridized carbons (Fsp3) is 0.375. The van der Waals surface area contributed by atoms with Gasteiger partial charge in [0.1, 0.15) is 0 Å². The van der Waals surface area contributed by atoms with E-state index in [0.29, 0.717) is 0 Å². The zero-order valence-corrected chi connectivity index (χ0v) is 16.7. The Bertz CT molecular complexity index is 902. The first-order chi connectivity index (χ1) is 12.5. The van der Waals surface area contributed by atoms with Crippen LogP contribution in [0.4, 0.5) is 0 Å². The molecule has 3 nitrogen and oxygen atoms in total. The second-order valence-corrected chi connectivity index (χ2v) is 8.84. The number of carbonyl (C=O) groups is 1. The molecule has 0 amide bonds. The number of hydrogen-bond donors (Lipinski definition) is 2. The fourth-order valence-electron chi connectivity index (χ4n) is 4.00. The number of allylic oxidation sites excluding steroid dienone is 1. The number of carboxylic acid groups (broad SMARTS) is 1. The van der Waals surface area contributed by atoms with E-state index in [1.54, 1.807) is 12.1 Å². The zero-order chi connectivity index (χ0) is 20.0. The van der Waals surface area contributed by atoms with Crippen molar-refractivity contribution in [3.63, 3.8) is 0 Å². The van der Waals surface area contributed by atoms with Crippen LogP contribution in [0.5, 0.6) is 0 Å². The SMILES string of the molecule is C/C(=C/c1ccc(C(=O)O)cc1)c1ccc2c(c1)C(C)(C)C(O)CC2(C)C. The third-order valence-electron chi connectivity index (χ3n) is 5.98. The second kappa shape index (κ2) is 6.65. The molecule has 0 saturated heterocycles. The second-order valence-electron chi connectivity index (χ2n) is 8.84. The van der Waals surface area contributed by atoms with Gasteiger partial charge in [-0.15, -0.1) is 0 Å². The van der Waals surface area contributed by atoms with Gasteiger partial charge in [0, 0.05) is 5.41 Å². The van der Waals surface area contributed by atoms with Crippen LogP contribution in [0.2, 0.25) is 0 Å². The molecule has 0 heterocycles. The number of fused-ring (bicyclic) bond motifs is 1. The Balaban J connectivity index is 2.01. The van der Waals surface area contributed by atoms with Crippen LogP contribution in [0.3, 0.4) is 0 Å². The first-order valence-electron chi connectivity index (χ1n) is 9.37. The van der Waals surface area contributed by atoms with Crippen LogP contribution in [0.1, 0.15) is 73.7 Å². The molecule has 0 aromatic heterocycles. The first-order valence-corrected chi connectivity index (χ1v) is 9.37. The molecular weight excluding hydrogens is 336 g/mol. The summed E-state index contributed by atoms with van der Waals surface area (Å²) < 4.78 is 0. The molecule has 2 aromatic rings. The van der Waals surface area contributed by atoms with Crippen molar-refractivity contribution in [3.8, 4) is 0 Å². The Morgan fingerprint density at radius 2 is 1.59 bits per heavy atom. The lowest BCUT2D eigenvalue weighted by molar-refractivity contribution is 0.0583. The molecule has 0 fully saturated rings. The quantitative estimate of drug-likeness (QED) is 0.730. The van der Waals surface area contributed by atoms with Crippen LogP contribution in [-0.2, 0) is 10.8 Å². The normalized spacial score (nSPS) is 20.8. The van der Waals surface area contributed by atoms with Crippen molar-refractivity contribution in [3.05, 3.63) is 70.3 Å². The van der Waals surface area contributed by atoms with Crippen LogP contribution in [0.15, 0.2) is 42.5 Å². The number of aliphatic hydroxyl groups excluding tert-OH is 1. The monoisotopic (exact) mass is 364 g/mol. The summed E-state index contributed by atoms with van der Waals surface area (Å²) in [6.07, 6.45) is 2.45. The third-order valence-corrected chi connectivity index (χ3v) is 5.98. The summed E-state index contributed by atoms with van der Waals surface area (Å²) in [7, 11) is 0. The molecule has 2 N–H and O–H groups in total. The van der Waals surface area contributed by atoms with Crippen LogP contribution in [-0.4, -0.2) is 22.3 Å². The van der Waals surface area contributed by atoms with Gasteiger partial charge >= 0.3 is 5.97 Å². The zero-order valence-electron chi connectivity index (χ0n) is 16.7. The minimum atomic E-state index is -0.916. The summed E-state index contributed by atoms with van der Waals surface area (Å²) in [6.45, 7) is 10.7. The molecule has 3 rings (SSSR count). The minimum Gasteiger partial charge on any atom is -0.478 e. The Kier molecular flexibility index (Phi) is 4.77. The van der Waals surface area contributed by atoms with E-state index in [1.165, 1.54) is 11.1 Å². The summed E-state index contributed by atoms with van der Waals surface area (Å²) in [5.41, 5.74) is 5.66. The van der Waals surface area contributed by atoms with Gasteiger partial charge in [0.2, 0.25) is 0 Å². The Morgan fingerprint density at radius 1 is 1.00 bits per heavy atom. The average molecular weight is 364 g/mol. The topological polar surface area (TPSA) is 57.5 Å². The van der Waals surface area contributed by atoms with E-state index in [1.807, 2.05) is 12.1 Å². The van der Waals surface area contributed by atoms with Crippen molar-refractivity contribution in [1.82, 2.24) is 0 Å². The van der Waals surface area contributed by atoms with E-state index in [9.17, 15) is 9.90 Å². The molecule has 1 unspecified atom stereocenters. The maximum atomic E-state index is 11.0. The smallest absolute Gasteiger partial charge is 0.335 e. The average Bonchev–Trinajstić information content (AvgIpc) is 2.60. The highest BCUT2D eigenvalue weighted by Crippen LogP contribution is 2.46. The van der Waals surface area contributed by atoms with Crippen LogP contribution in [0.25, 0.3) is 11.6 Å². The molecule has 1 atom stereocenters. The van der Waals surface area contributed by atoms with E-state index >= 15 is 0 Å². The molecule has 1 aliphatic carbocycles. The van der Waals surface area contributed by atoms with Crippen LogP contribution < -0.4 is 0 Å². The first kappa shape index (κ1) is 19.4. The van der Waals surface area contributed by atoms with E-state index in [4.69, 9.17) is 5.11 Å². The Hall–Kier alpha value is -2.39. The lowest BCUT2D eigenvalue weighted by Crippen LogP contribution is -2.45. The largest absolute Gasteiger partial charge is 0.478 e. The van der Waals surface area contributed by atoms with E-state index in [2.05, 4.69) is 58.9 Å². The molecule has 142 valence electrons. The molecule has 0 bridgehead atoms. The van der Waals surface area contributed by atoms with Crippen molar-refractivity contribution >= 4 is 17.6 Å². The number of benzene rings is 2. The predicted octanol–water partition coefficient (Wildman–Crippen LogP) is 5.27. The standard InChI is InChI=1S/C24H28O3/c1-15(12-16-6-8-17(9-7-16)22(26)27)18-10-11-19-20(13-18)24(4,5)21(25)14-23(19,2)3/h6-13,21,25H,14H2,1-5H3,(H,26,27)/b15-12-.